The highest BCUT2D eigenvalue weighted by atomic mass is 31.2. The van der Waals surface area contributed by atoms with Crippen molar-refractivity contribution in [1.82, 2.24) is 0 Å². The molecule has 0 aliphatic heterocycles. The first-order chi connectivity index (χ1) is 39.0. The third-order valence-electron chi connectivity index (χ3n) is 15.6. The molecule has 80 heavy (non-hydrogen) atoms. The SMILES string of the molecule is CCCCCCC/C=C\C/C=C\CCCCCCCCCCCCCC(=O)OC(COC(=O)CCCCCCCCCCCCCCCCCCCCCCC/C=C\CCCCCCCCCC)COP(=O)(O)OCC[N+](C)(C)C. The molecule has 9 nitrogen and oxygen atoms in total. The van der Waals surface area contributed by atoms with E-state index in [1.807, 2.05) is 21.1 Å². The maximum Gasteiger partial charge on any atom is 0.472 e. The van der Waals surface area contributed by atoms with E-state index < -0.39 is 26.5 Å². The number of esters is 2. The first kappa shape index (κ1) is 78.2. The summed E-state index contributed by atoms with van der Waals surface area (Å²) in [6.07, 6.45) is 78.2. The lowest BCUT2D eigenvalue weighted by Gasteiger charge is -2.24. The second-order valence-corrected chi connectivity index (χ2v) is 26.4. The second-order valence-electron chi connectivity index (χ2n) is 24.9. The summed E-state index contributed by atoms with van der Waals surface area (Å²) in [5.74, 6) is -0.781. The van der Waals surface area contributed by atoms with Crippen molar-refractivity contribution in [1.29, 1.82) is 0 Å². The summed E-state index contributed by atoms with van der Waals surface area (Å²) in [6.45, 7) is 4.48. The molecule has 0 aromatic heterocycles. The number of carbonyl (C=O) groups excluding carboxylic acids is 2. The van der Waals surface area contributed by atoms with Gasteiger partial charge in [-0.05, 0) is 70.6 Å². The Labute approximate surface area is 497 Å². The molecule has 0 saturated carbocycles. The molecule has 0 fully saturated rings. The van der Waals surface area contributed by atoms with Crippen molar-refractivity contribution in [2.45, 2.75) is 354 Å². The van der Waals surface area contributed by atoms with Crippen molar-refractivity contribution < 1.29 is 42.1 Å². The van der Waals surface area contributed by atoms with Gasteiger partial charge < -0.3 is 18.9 Å². The quantitative estimate of drug-likeness (QED) is 0.0211. The molecule has 2 atom stereocenters. The minimum absolute atomic E-state index is 0.0333. The Kier molecular flexibility index (Phi) is 60.4. The molecule has 472 valence electrons. The number of likely N-dealkylation sites (N-methyl/N-ethyl adjacent to an activating group) is 1. The smallest absolute Gasteiger partial charge is 0.462 e. The molecule has 0 aliphatic rings. The number of carbonyl (C=O) groups is 2. The van der Waals surface area contributed by atoms with E-state index in [4.69, 9.17) is 18.5 Å². The van der Waals surface area contributed by atoms with Crippen molar-refractivity contribution in [2.75, 3.05) is 47.5 Å². The standard InChI is InChI=1S/C70H134NO8P/c1-6-8-10-12-14-16-18-20-22-24-26-28-30-31-32-33-34-35-36-37-38-39-41-42-44-46-48-50-52-54-56-58-60-62-69(72)76-66-68(67-78-80(74,75)77-65-64-71(3,4)5)79-70(73)63-61-59-57-55-53-51-49-47-45-43-40-29-27-25-23-21-19-17-15-13-11-9-7-2/h19,21,24-27,68H,6-18,20,22-23,28-67H2,1-5H3/p+1/b21-19-,26-24-,27-25-. The first-order valence-electron chi connectivity index (χ1n) is 34.7. The van der Waals surface area contributed by atoms with Gasteiger partial charge in [-0.1, -0.05) is 301 Å². The molecule has 0 amide bonds. The predicted molar refractivity (Wildman–Crippen MR) is 344 cm³/mol. The summed E-state index contributed by atoms with van der Waals surface area (Å²) in [5, 5.41) is 0. The van der Waals surface area contributed by atoms with Gasteiger partial charge in [0.05, 0.1) is 27.7 Å². The lowest BCUT2D eigenvalue weighted by atomic mass is 10.0. The molecular formula is C70H135NO8P+. The maximum absolute atomic E-state index is 12.9. The van der Waals surface area contributed by atoms with Crippen molar-refractivity contribution in [3.63, 3.8) is 0 Å². The predicted octanol–water partition coefficient (Wildman–Crippen LogP) is 22.3. The number of nitrogens with zero attached hydrogens (tertiary/aromatic N) is 1. The molecule has 10 heteroatoms. The fourth-order valence-corrected chi connectivity index (χ4v) is 11.0. The van der Waals surface area contributed by atoms with Crippen LogP contribution in [-0.2, 0) is 32.7 Å². The molecular weight excluding hydrogens is 1010 g/mol. The number of unbranched alkanes of at least 4 members (excludes halogenated alkanes) is 45. The summed E-state index contributed by atoms with van der Waals surface area (Å²) in [6, 6.07) is 0. The van der Waals surface area contributed by atoms with Crippen LogP contribution < -0.4 is 0 Å². The van der Waals surface area contributed by atoms with E-state index in [-0.39, 0.29) is 25.6 Å². The van der Waals surface area contributed by atoms with Gasteiger partial charge in [0.15, 0.2) is 6.10 Å². The zero-order valence-corrected chi connectivity index (χ0v) is 54.7. The zero-order valence-electron chi connectivity index (χ0n) is 53.8. The molecule has 0 heterocycles. The highest BCUT2D eigenvalue weighted by molar-refractivity contribution is 7.47. The lowest BCUT2D eigenvalue weighted by Crippen LogP contribution is -2.37. The van der Waals surface area contributed by atoms with Crippen LogP contribution in [0, 0.1) is 0 Å². The summed E-state index contributed by atoms with van der Waals surface area (Å²) in [5.41, 5.74) is 0. The van der Waals surface area contributed by atoms with Gasteiger partial charge in [-0.3, -0.25) is 18.6 Å². The van der Waals surface area contributed by atoms with Crippen LogP contribution in [0.3, 0.4) is 0 Å². The number of quaternary nitrogens is 1. The van der Waals surface area contributed by atoms with E-state index in [9.17, 15) is 19.0 Å². The Morgan fingerprint density at radius 2 is 0.675 bits per heavy atom. The van der Waals surface area contributed by atoms with E-state index in [0.29, 0.717) is 23.9 Å². The van der Waals surface area contributed by atoms with Gasteiger partial charge in [0.25, 0.3) is 0 Å². The number of hydrogen-bond acceptors (Lipinski definition) is 7. The van der Waals surface area contributed by atoms with E-state index in [0.717, 1.165) is 38.5 Å². The molecule has 0 aromatic carbocycles. The third-order valence-corrected chi connectivity index (χ3v) is 16.6. The van der Waals surface area contributed by atoms with E-state index in [1.54, 1.807) is 0 Å². The Balaban J connectivity index is 3.98. The number of phosphoric acid groups is 1. The minimum atomic E-state index is -4.39. The summed E-state index contributed by atoms with van der Waals surface area (Å²) in [7, 11) is 1.49. The fourth-order valence-electron chi connectivity index (χ4n) is 10.3. The van der Waals surface area contributed by atoms with Crippen molar-refractivity contribution >= 4 is 19.8 Å². The summed E-state index contributed by atoms with van der Waals surface area (Å²) < 4.78 is 34.7. The average Bonchev–Trinajstić information content (AvgIpc) is 3.42. The molecule has 0 spiro atoms. The van der Waals surface area contributed by atoms with E-state index in [1.165, 1.54) is 276 Å². The number of ether oxygens (including phenoxy) is 2. The van der Waals surface area contributed by atoms with Crippen LogP contribution in [0.2, 0.25) is 0 Å². The molecule has 0 rings (SSSR count). The highest BCUT2D eigenvalue weighted by Crippen LogP contribution is 2.43. The molecule has 0 saturated heterocycles. The van der Waals surface area contributed by atoms with Gasteiger partial charge >= 0.3 is 19.8 Å². The fraction of sp³-hybridized carbons (Fsp3) is 0.886. The average molecular weight is 1150 g/mol. The van der Waals surface area contributed by atoms with Gasteiger partial charge in [0, 0.05) is 12.8 Å². The molecule has 0 aliphatic carbocycles. The summed E-state index contributed by atoms with van der Waals surface area (Å²) >= 11 is 0. The highest BCUT2D eigenvalue weighted by Gasteiger charge is 2.27. The monoisotopic (exact) mass is 1150 g/mol. The van der Waals surface area contributed by atoms with Crippen LogP contribution in [0.5, 0.6) is 0 Å². The normalized spacial score (nSPS) is 13.3. The van der Waals surface area contributed by atoms with Gasteiger partial charge in [0.1, 0.15) is 19.8 Å². The van der Waals surface area contributed by atoms with Crippen LogP contribution in [-0.4, -0.2) is 74.9 Å². The van der Waals surface area contributed by atoms with Crippen LogP contribution >= 0.6 is 7.82 Å². The Morgan fingerprint density at radius 3 is 1.00 bits per heavy atom. The van der Waals surface area contributed by atoms with Gasteiger partial charge in [-0.2, -0.15) is 0 Å². The van der Waals surface area contributed by atoms with Gasteiger partial charge in [0.2, 0.25) is 0 Å². The zero-order chi connectivity index (χ0) is 58.4. The van der Waals surface area contributed by atoms with Crippen LogP contribution in [0.4, 0.5) is 0 Å². The van der Waals surface area contributed by atoms with E-state index >= 15 is 0 Å². The molecule has 1 N–H and O–H groups in total. The topological polar surface area (TPSA) is 108 Å². The number of hydrogen-bond donors (Lipinski definition) is 1. The molecule has 0 radical (unpaired) electrons. The Hall–Kier alpha value is -1.77. The number of rotatable bonds is 65. The molecule has 0 aromatic rings. The van der Waals surface area contributed by atoms with Gasteiger partial charge in [-0.15, -0.1) is 0 Å². The maximum atomic E-state index is 12.9. The Morgan fingerprint density at radius 1 is 0.388 bits per heavy atom. The second kappa shape index (κ2) is 61.8. The summed E-state index contributed by atoms with van der Waals surface area (Å²) in [4.78, 5) is 35.8. The van der Waals surface area contributed by atoms with Gasteiger partial charge in [-0.25, -0.2) is 4.57 Å². The molecule has 2 unspecified atom stereocenters. The Bertz CT molecular complexity index is 1440. The first-order valence-corrected chi connectivity index (χ1v) is 36.2. The van der Waals surface area contributed by atoms with Crippen molar-refractivity contribution in [2.24, 2.45) is 0 Å². The third kappa shape index (κ3) is 65.4. The number of allylic oxidation sites excluding steroid dienone is 6. The number of phosphoric ester groups is 1. The van der Waals surface area contributed by atoms with Crippen molar-refractivity contribution in [3.8, 4) is 0 Å². The minimum Gasteiger partial charge on any atom is -0.462 e. The van der Waals surface area contributed by atoms with Crippen LogP contribution in [0.15, 0.2) is 36.5 Å². The lowest BCUT2D eigenvalue weighted by molar-refractivity contribution is -0.870. The van der Waals surface area contributed by atoms with E-state index in [2.05, 4.69) is 50.3 Å². The largest absolute Gasteiger partial charge is 0.472 e. The van der Waals surface area contributed by atoms with Crippen LogP contribution in [0.25, 0.3) is 0 Å². The van der Waals surface area contributed by atoms with Crippen LogP contribution in [0.1, 0.15) is 348 Å². The van der Waals surface area contributed by atoms with Crippen molar-refractivity contribution in [3.05, 3.63) is 36.5 Å². The molecule has 0 bridgehead atoms.